The first-order chi connectivity index (χ1) is 15.3. The molecule has 0 heterocycles. The molecule has 0 saturated heterocycles. The van der Waals surface area contributed by atoms with Crippen LogP contribution in [0.2, 0.25) is 0 Å². The zero-order valence-corrected chi connectivity index (χ0v) is 18.8. The Morgan fingerprint density at radius 2 is 1.41 bits per heavy atom. The molecule has 0 aliphatic carbocycles. The zero-order valence-electron chi connectivity index (χ0n) is 18.8. The molecule has 0 atom stereocenters. The number of benzene rings is 3. The van der Waals surface area contributed by atoms with Crippen LogP contribution in [0.1, 0.15) is 42.3 Å². The summed E-state index contributed by atoms with van der Waals surface area (Å²) >= 11 is 0. The van der Waals surface area contributed by atoms with Crippen LogP contribution in [0.4, 0.5) is 11.4 Å². The Hall–Kier alpha value is -3.86. The largest absolute Gasteiger partial charge is 0.496 e. The van der Waals surface area contributed by atoms with E-state index in [0.29, 0.717) is 22.7 Å². The van der Waals surface area contributed by atoms with Crippen LogP contribution < -0.4 is 15.4 Å². The van der Waals surface area contributed by atoms with E-state index >= 15 is 0 Å². The van der Waals surface area contributed by atoms with Gasteiger partial charge in [-0.25, -0.2) is 0 Å². The van der Waals surface area contributed by atoms with Gasteiger partial charge in [0, 0.05) is 28.6 Å². The Bertz CT molecular complexity index is 1110. The molecule has 0 saturated carbocycles. The second-order valence-corrected chi connectivity index (χ2v) is 8.42. The Kier molecular flexibility index (Phi) is 7.11. The summed E-state index contributed by atoms with van der Waals surface area (Å²) in [6, 6.07) is 22.1. The van der Waals surface area contributed by atoms with Gasteiger partial charge in [0.25, 0.3) is 5.91 Å². The lowest BCUT2D eigenvalue weighted by atomic mass is 9.87. The summed E-state index contributed by atoms with van der Waals surface area (Å²) in [6.07, 6.45) is 3.16. The number of rotatable bonds is 6. The Morgan fingerprint density at radius 3 is 2.00 bits per heavy atom. The van der Waals surface area contributed by atoms with Gasteiger partial charge in [-0.2, -0.15) is 0 Å². The van der Waals surface area contributed by atoms with Crippen molar-refractivity contribution in [3.8, 4) is 5.75 Å². The van der Waals surface area contributed by atoms with E-state index in [-0.39, 0.29) is 17.2 Å². The molecule has 0 spiro atoms. The van der Waals surface area contributed by atoms with Gasteiger partial charge in [0.1, 0.15) is 5.75 Å². The molecule has 3 rings (SSSR count). The third kappa shape index (κ3) is 6.08. The molecule has 5 heteroatoms. The van der Waals surface area contributed by atoms with Crippen LogP contribution in [-0.2, 0) is 10.2 Å². The summed E-state index contributed by atoms with van der Waals surface area (Å²) in [5.74, 6) is 0.262. The lowest BCUT2D eigenvalue weighted by Gasteiger charge is -2.19. The van der Waals surface area contributed by atoms with Crippen LogP contribution in [0.3, 0.4) is 0 Å². The molecule has 32 heavy (non-hydrogen) atoms. The molecular weight excluding hydrogens is 400 g/mol. The highest BCUT2D eigenvalue weighted by molar-refractivity contribution is 6.05. The topological polar surface area (TPSA) is 67.4 Å². The standard InChI is InChI=1S/C27H28N2O3/c1-27(2,3)21-12-9-20(10-13-21)26(31)29-23-16-14-22(15-17-23)28-25(30)18-11-19-7-5-6-8-24(19)32-4/h5-18H,1-4H3,(H,28,30)(H,29,31)/b18-11+. The summed E-state index contributed by atoms with van der Waals surface area (Å²) in [5.41, 5.74) is 3.91. The molecule has 0 fully saturated rings. The molecule has 3 aromatic carbocycles. The molecule has 2 amide bonds. The first-order valence-corrected chi connectivity index (χ1v) is 10.4. The fourth-order valence-electron chi connectivity index (χ4n) is 3.12. The van der Waals surface area contributed by atoms with Gasteiger partial charge in [0.2, 0.25) is 5.91 Å². The SMILES string of the molecule is COc1ccccc1/C=C/C(=O)Nc1ccc(NC(=O)c2ccc(C(C)(C)C)cc2)cc1. The molecule has 0 unspecified atom stereocenters. The van der Waals surface area contributed by atoms with Crippen molar-refractivity contribution in [3.05, 3.63) is 95.6 Å². The van der Waals surface area contributed by atoms with E-state index in [1.165, 1.54) is 11.6 Å². The van der Waals surface area contributed by atoms with Crippen molar-refractivity contribution < 1.29 is 14.3 Å². The van der Waals surface area contributed by atoms with E-state index in [4.69, 9.17) is 4.74 Å². The number of para-hydroxylation sites is 1. The van der Waals surface area contributed by atoms with E-state index < -0.39 is 0 Å². The molecule has 3 aromatic rings. The number of carbonyl (C=O) groups is 2. The number of carbonyl (C=O) groups excluding carboxylic acids is 2. The quantitative estimate of drug-likeness (QED) is 0.481. The van der Waals surface area contributed by atoms with Gasteiger partial charge < -0.3 is 15.4 Å². The number of methoxy groups -OCH3 is 1. The van der Waals surface area contributed by atoms with Crippen molar-refractivity contribution in [2.75, 3.05) is 17.7 Å². The minimum Gasteiger partial charge on any atom is -0.496 e. The fraction of sp³-hybridized carbons (Fsp3) is 0.185. The first kappa shape index (κ1) is 22.8. The van der Waals surface area contributed by atoms with E-state index in [0.717, 1.165) is 5.56 Å². The van der Waals surface area contributed by atoms with Gasteiger partial charge in [0.15, 0.2) is 0 Å². The molecular formula is C27H28N2O3. The molecule has 0 aliphatic rings. The van der Waals surface area contributed by atoms with Gasteiger partial charge in [0.05, 0.1) is 7.11 Å². The number of anilines is 2. The number of nitrogens with one attached hydrogen (secondary N) is 2. The fourth-order valence-corrected chi connectivity index (χ4v) is 3.12. The van der Waals surface area contributed by atoms with E-state index in [2.05, 4.69) is 31.4 Å². The van der Waals surface area contributed by atoms with Gasteiger partial charge >= 0.3 is 0 Å². The summed E-state index contributed by atoms with van der Waals surface area (Å²) < 4.78 is 5.28. The smallest absolute Gasteiger partial charge is 0.255 e. The minimum absolute atomic E-state index is 0.0393. The lowest BCUT2D eigenvalue weighted by molar-refractivity contribution is -0.111. The number of amides is 2. The number of hydrogen-bond acceptors (Lipinski definition) is 3. The maximum Gasteiger partial charge on any atom is 0.255 e. The minimum atomic E-state index is -0.258. The summed E-state index contributed by atoms with van der Waals surface area (Å²) in [7, 11) is 1.59. The van der Waals surface area contributed by atoms with E-state index in [1.807, 2.05) is 48.5 Å². The van der Waals surface area contributed by atoms with Crippen LogP contribution in [0.5, 0.6) is 5.75 Å². The third-order valence-electron chi connectivity index (χ3n) is 4.98. The van der Waals surface area contributed by atoms with E-state index in [1.54, 1.807) is 37.5 Å². The van der Waals surface area contributed by atoms with Crippen molar-refractivity contribution in [1.82, 2.24) is 0 Å². The van der Waals surface area contributed by atoms with Crippen LogP contribution >= 0.6 is 0 Å². The predicted octanol–water partition coefficient (Wildman–Crippen LogP) is 5.90. The molecule has 0 aromatic heterocycles. The van der Waals surface area contributed by atoms with Gasteiger partial charge in [-0.1, -0.05) is 51.1 Å². The van der Waals surface area contributed by atoms with Crippen molar-refractivity contribution in [3.63, 3.8) is 0 Å². The van der Waals surface area contributed by atoms with Crippen molar-refractivity contribution in [2.24, 2.45) is 0 Å². The monoisotopic (exact) mass is 428 g/mol. The normalized spacial score (nSPS) is 11.2. The average molecular weight is 429 g/mol. The second-order valence-electron chi connectivity index (χ2n) is 8.42. The highest BCUT2D eigenvalue weighted by Crippen LogP contribution is 2.23. The van der Waals surface area contributed by atoms with Crippen LogP contribution in [0.25, 0.3) is 6.08 Å². The molecule has 0 aliphatic heterocycles. The van der Waals surface area contributed by atoms with Gasteiger partial charge in [-0.05, 0) is 59.5 Å². The summed E-state index contributed by atoms with van der Waals surface area (Å²) in [6.45, 7) is 6.41. The van der Waals surface area contributed by atoms with E-state index in [9.17, 15) is 9.59 Å². The van der Waals surface area contributed by atoms with Crippen molar-refractivity contribution in [1.29, 1.82) is 0 Å². The maximum atomic E-state index is 12.5. The molecule has 0 bridgehead atoms. The number of ether oxygens (including phenoxy) is 1. The molecule has 0 radical (unpaired) electrons. The third-order valence-corrected chi connectivity index (χ3v) is 4.98. The predicted molar refractivity (Wildman–Crippen MR) is 130 cm³/mol. The summed E-state index contributed by atoms with van der Waals surface area (Å²) in [4.78, 5) is 24.7. The Balaban J connectivity index is 1.58. The second kappa shape index (κ2) is 9.96. The van der Waals surface area contributed by atoms with Gasteiger partial charge in [-0.3, -0.25) is 9.59 Å². The lowest BCUT2D eigenvalue weighted by Crippen LogP contribution is -2.14. The zero-order chi connectivity index (χ0) is 23.1. The molecule has 5 nitrogen and oxygen atoms in total. The van der Waals surface area contributed by atoms with Crippen molar-refractivity contribution in [2.45, 2.75) is 26.2 Å². The van der Waals surface area contributed by atoms with Crippen LogP contribution in [0.15, 0.2) is 78.9 Å². The van der Waals surface area contributed by atoms with Crippen molar-refractivity contribution >= 4 is 29.3 Å². The van der Waals surface area contributed by atoms with Crippen LogP contribution in [-0.4, -0.2) is 18.9 Å². The maximum absolute atomic E-state index is 12.5. The highest BCUT2D eigenvalue weighted by Gasteiger charge is 2.14. The van der Waals surface area contributed by atoms with Crippen LogP contribution in [0, 0.1) is 0 Å². The van der Waals surface area contributed by atoms with Gasteiger partial charge in [-0.15, -0.1) is 0 Å². The Morgan fingerprint density at radius 1 is 0.812 bits per heavy atom. The highest BCUT2D eigenvalue weighted by atomic mass is 16.5. The summed E-state index contributed by atoms with van der Waals surface area (Å²) in [5, 5.41) is 5.68. The average Bonchev–Trinajstić information content (AvgIpc) is 2.78. The molecule has 164 valence electrons. The Labute approximate surface area is 189 Å². The number of hydrogen-bond donors (Lipinski definition) is 2. The molecule has 2 N–H and O–H groups in total. The first-order valence-electron chi connectivity index (χ1n) is 10.4.